The average molecular weight is 249 g/mol. The van der Waals surface area contributed by atoms with Crippen LogP contribution in [0.5, 0.6) is 0 Å². The molecule has 0 heterocycles. The van der Waals surface area contributed by atoms with E-state index in [-0.39, 0.29) is 17.4 Å². The number of aliphatic imine (C=N–C) groups is 2. The van der Waals surface area contributed by atoms with E-state index in [0.717, 1.165) is 0 Å². The summed E-state index contributed by atoms with van der Waals surface area (Å²) in [6.07, 6.45) is 3.12. The van der Waals surface area contributed by atoms with Gasteiger partial charge < -0.3 is 4.74 Å². The third-order valence-electron chi connectivity index (χ3n) is 1.27. The van der Waals surface area contributed by atoms with Crippen LogP contribution in [0.4, 0.5) is 0 Å². The summed E-state index contributed by atoms with van der Waals surface area (Å²) in [4.78, 5) is 18.8. The molecule has 15 heavy (non-hydrogen) atoms. The Morgan fingerprint density at radius 3 is 2.80 bits per heavy atom. The van der Waals surface area contributed by atoms with Crippen LogP contribution in [-0.4, -0.2) is 36.6 Å². The standard InChI is InChI=1S/C9H13ClN2O2S/c1-4-14-9(13)7(5-11-2)8(10)12-6-15-3/h5H,2,4,6H2,1,3H3/b7-5+,12-8+. The Labute approximate surface area is 98.5 Å². The van der Waals surface area contributed by atoms with Crippen LogP contribution in [0.3, 0.4) is 0 Å². The van der Waals surface area contributed by atoms with Gasteiger partial charge in [0.15, 0.2) is 0 Å². The second-order valence-corrected chi connectivity index (χ2v) is 3.51. The van der Waals surface area contributed by atoms with Crippen LogP contribution in [0.2, 0.25) is 0 Å². The molecule has 0 aromatic heterocycles. The second-order valence-electron chi connectivity index (χ2n) is 2.31. The van der Waals surface area contributed by atoms with Crippen LogP contribution in [0.15, 0.2) is 21.8 Å². The van der Waals surface area contributed by atoms with Crippen molar-refractivity contribution in [2.24, 2.45) is 9.98 Å². The van der Waals surface area contributed by atoms with Crippen molar-refractivity contribution in [3.05, 3.63) is 11.8 Å². The van der Waals surface area contributed by atoms with Gasteiger partial charge in [-0.05, 0) is 19.9 Å². The molecule has 0 radical (unpaired) electrons. The summed E-state index contributed by atoms with van der Waals surface area (Å²) in [6.45, 7) is 5.24. The van der Waals surface area contributed by atoms with Crippen LogP contribution in [0.25, 0.3) is 0 Å². The Bertz CT molecular complexity index is 290. The van der Waals surface area contributed by atoms with Gasteiger partial charge in [0.25, 0.3) is 0 Å². The number of carbonyl (C=O) groups is 1. The van der Waals surface area contributed by atoms with Gasteiger partial charge in [0.05, 0.1) is 12.5 Å². The van der Waals surface area contributed by atoms with E-state index >= 15 is 0 Å². The summed E-state index contributed by atoms with van der Waals surface area (Å²) in [5.74, 6) is -0.0630. The van der Waals surface area contributed by atoms with Crippen LogP contribution in [-0.2, 0) is 9.53 Å². The monoisotopic (exact) mass is 248 g/mol. The molecular formula is C9H13ClN2O2S. The minimum Gasteiger partial charge on any atom is -0.462 e. The molecule has 0 saturated heterocycles. The van der Waals surface area contributed by atoms with Gasteiger partial charge in [-0.15, -0.1) is 11.8 Å². The van der Waals surface area contributed by atoms with Crippen LogP contribution in [0.1, 0.15) is 6.92 Å². The van der Waals surface area contributed by atoms with Gasteiger partial charge in [-0.3, -0.25) is 9.98 Å². The van der Waals surface area contributed by atoms with E-state index in [4.69, 9.17) is 16.3 Å². The molecule has 4 nitrogen and oxygen atoms in total. The summed E-state index contributed by atoms with van der Waals surface area (Å²) in [6, 6.07) is 0. The third-order valence-corrected chi connectivity index (χ3v) is 1.98. The van der Waals surface area contributed by atoms with Crippen LogP contribution in [0, 0.1) is 0 Å². The van der Waals surface area contributed by atoms with Gasteiger partial charge in [-0.2, -0.15) is 0 Å². The molecule has 6 heteroatoms. The van der Waals surface area contributed by atoms with Gasteiger partial charge in [-0.25, -0.2) is 4.79 Å². The molecule has 0 atom stereocenters. The highest BCUT2D eigenvalue weighted by Gasteiger charge is 2.15. The predicted molar refractivity (Wildman–Crippen MR) is 65.9 cm³/mol. The van der Waals surface area contributed by atoms with Gasteiger partial charge in [-0.1, -0.05) is 11.6 Å². The van der Waals surface area contributed by atoms with E-state index < -0.39 is 5.97 Å². The number of ether oxygens (including phenoxy) is 1. The first kappa shape index (κ1) is 14.2. The summed E-state index contributed by atoms with van der Waals surface area (Å²) >= 11 is 7.31. The predicted octanol–water partition coefficient (Wildman–Crippen LogP) is 2.09. The van der Waals surface area contributed by atoms with Crippen LogP contribution >= 0.6 is 23.4 Å². The summed E-state index contributed by atoms with van der Waals surface area (Å²) in [5, 5.41) is 0.0928. The maximum Gasteiger partial charge on any atom is 0.342 e. The van der Waals surface area contributed by atoms with Crippen molar-refractivity contribution in [2.75, 3.05) is 18.7 Å². The molecule has 0 aromatic rings. The van der Waals surface area contributed by atoms with Crippen molar-refractivity contribution in [2.45, 2.75) is 6.92 Å². The van der Waals surface area contributed by atoms with Crippen molar-refractivity contribution in [1.29, 1.82) is 0 Å². The molecule has 0 fully saturated rings. The Hall–Kier alpha value is -0.810. The fourth-order valence-electron chi connectivity index (χ4n) is 0.697. The molecule has 84 valence electrons. The zero-order valence-corrected chi connectivity index (χ0v) is 10.3. The number of esters is 1. The number of halogens is 1. The maximum atomic E-state index is 11.4. The van der Waals surface area contributed by atoms with Gasteiger partial charge >= 0.3 is 5.97 Å². The highest BCUT2D eigenvalue weighted by Crippen LogP contribution is 2.08. The minimum absolute atomic E-state index is 0.0928. The van der Waals surface area contributed by atoms with Gasteiger partial charge in [0, 0.05) is 6.20 Å². The van der Waals surface area contributed by atoms with E-state index in [1.165, 1.54) is 18.0 Å². The van der Waals surface area contributed by atoms with E-state index in [2.05, 4.69) is 16.7 Å². The van der Waals surface area contributed by atoms with Crippen molar-refractivity contribution < 1.29 is 9.53 Å². The molecule has 0 aliphatic heterocycles. The largest absolute Gasteiger partial charge is 0.462 e. The molecule has 0 aromatic carbocycles. The zero-order chi connectivity index (χ0) is 11.7. The number of rotatable bonds is 6. The first-order valence-electron chi connectivity index (χ1n) is 4.19. The Morgan fingerprint density at radius 2 is 2.33 bits per heavy atom. The minimum atomic E-state index is -0.542. The van der Waals surface area contributed by atoms with E-state index in [1.807, 2.05) is 6.26 Å². The SMILES string of the molecule is C=N/C=C(C(=O)OCC)\C(Cl)=N/CSC. The Kier molecular flexibility index (Phi) is 8.04. The number of nitrogens with zero attached hydrogens (tertiary/aromatic N) is 2. The maximum absolute atomic E-state index is 11.4. The van der Waals surface area contributed by atoms with Crippen molar-refractivity contribution in [3.63, 3.8) is 0 Å². The molecule has 0 unspecified atom stereocenters. The lowest BCUT2D eigenvalue weighted by molar-refractivity contribution is -0.137. The summed E-state index contributed by atoms with van der Waals surface area (Å²) in [5.41, 5.74) is 0.127. The second kappa shape index (κ2) is 8.49. The van der Waals surface area contributed by atoms with Gasteiger partial charge in [0.2, 0.25) is 0 Å². The first-order valence-corrected chi connectivity index (χ1v) is 5.96. The molecule has 0 N–H and O–H groups in total. The molecule has 0 aliphatic carbocycles. The Morgan fingerprint density at radius 1 is 1.67 bits per heavy atom. The Balaban J connectivity index is 4.74. The topological polar surface area (TPSA) is 51.0 Å². The number of carbonyl (C=O) groups excluding carboxylic acids is 1. The van der Waals surface area contributed by atoms with E-state index in [9.17, 15) is 4.79 Å². The lowest BCUT2D eigenvalue weighted by Gasteiger charge is -2.03. The third kappa shape index (κ3) is 5.59. The number of hydrogen-bond donors (Lipinski definition) is 0. The molecule has 0 rings (SSSR count). The lowest BCUT2D eigenvalue weighted by atomic mass is 10.3. The highest BCUT2D eigenvalue weighted by molar-refractivity contribution is 7.98. The molecule has 0 saturated carbocycles. The van der Waals surface area contributed by atoms with Crippen molar-refractivity contribution in [1.82, 2.24) is 0 Å². The highest BCUT2D eigenvalue weighted by atomic mass is 35.5. The number of thioether (sulfide) groups is 1. The normalized spacial score (nSPS) is 12.5. The quantitative estimate of drug-likeness (QED) is 0.411. The number of hydrogen-bond acceptors (Lipinski definition) is 5. The lowest BCUT2D eigenvalue weighted by Crippen LogP contribution is -2.12. The fraction of sp³-hybridized carbons (Fsp3) is 0.444. The molecule has 0 aliphatic rings. The van der Waals surface area contributed by atoms with Gasteiger partial charge in [0.1, 0.15) is 10.7 Å². The van der Waals surface area contributed by atoms with E-state index in [1.54, 1.807) is 6.92 Å². The van der Waals surface area contributed by atoms with Crippen molar-refractivity contribution in [3.8, 4) is 0 Å². The smallest absolute Gasteiger partial charge is 0.342 e. The fourth-order valence-corrected chi connectivity index (χ4v) is 1.21. The molecule has 0 spiro atoms. The summed E-state index contributed by atoms with van der Waals surface area (Å²) < 4.78 is 4.79. The molecular weight excluding hydrogens is 236 g/mol. The average Bonchev–Trinajstić information content (AvgIpc) is 2.22. The zero-order valence-electron chi connectivity index (χ0n) is 8.70. The molecule has 0 amide bonds. The van der Waals surface area contributed by atoms with Crippen molar-refractivity contribution >= 4 is 41.2 Å². The summed E-state index contributed by atoms with van der Waals surface area (Å²) in [7, 11) is 0. The first-order chi connectivity index (χ1) is 7.17. The van der Waals surface area contributed by atoms with E-state index in [0.29, 0.717) is 5.88 Å². The molecule has 0 bridgehead atoms. The van der Waals surface area contributed by atoms with Crippen LogP contribution < -0.4 is 0 Å².